The predicted octanol–water partition coefficient (Wildman–Crippen LogP) is -0.103. The van der Waals surface area contributed by atoms with Crippen molar-refractivity contribution in [2.75, 3.05) is 13.7 Å². The Morgan fingerprint density at radius 2 is 1.74 bits per heavy atom. The number of methoxy groups -OCH3 is 1. The minimum atomic E-state index is -1.24. The topological polar surface area (TPSA) is 128 Å². The van der Waals surface area contributed by atoms with Crippen LogP contribution in [0.25, 0.3) is 0 Å². The van der Waals surface area contributed by atoms with Gasteiger partial charge in [-0.25, -0.2) is 4.79 Å². The Bertz CT molecular complexity index is 474. The monoisotopic (exact) mass is 330 g/mol. The fourth-order valence-electron chi connectivity index (χ4n) is 2.62. The smallest absolute Gasteiger partial charge is 0.330 e. The van der Waals surface area contributed by atoms with Crippen LogP contribution in [-0.4, -0.2) is 54.9 Å². The van der Waals surface area contributed by atoms with Crippen LogP contribution in [0, 0.1) is 10.8 Å². The van der Waals surface area contributed by atoms with Gasteiger partial charge in [0.1, 0.15) is 0 Å². The summed E-state index contributed by atoms with van der Waals surface area (Å²) in [5.41, 5.74) is 5.42. The molecule has 0 aromatic carbocycles. The molecule has 0 bridgehead atoms. The lowest BCUT2D eigenvalue weighted by Crippen LogP contribution is -2.51. The Balaban J connectivity index is 2.62. The summed E-state index contributed by atoms with van der Waals surface area (Å²) in [6.07, 6.45) is -0.574. The van der Waals surface area contributed by atoms with Crippen LogP contribution < -0.4 is 11.1 Å². The lowest BCUT2D eigenvalue weighted by atomic mass is 10.0. The van der Waals surface area contributed by atoms with E-state index in [1.54, 1.807) is 0 Å². The number of carbonyl (C=O) groups is 3. The molecule has 0 aromatic heterocycles. The minimum Gasteiger partial charge on any atom is -0.481 e. The van der Waals surface area contributed by atoms with Crippen molar-refractivity contribution in [3.05, 3.63) is 0 Å². The summed E-state index contributed by atoms with van der Waals surface area (Å²) in [4.78, 5) is 34.2. The van der Waals surface area contributed by atoms with Crippen molar-refractivity contribution >= 4 is 17.8 Å². The second-order valence-electron chi connectivity index (χ2n) is 6.95. The number of hydrogen-bond donors (Lipinski definition) is 3. The lowest BCUT2D eigenvalue weighted by molar-refractivity contribution is -0.147. The Kier molecular flexibility index (Phi) is 5.76. The third kappa shape index (κ3) is 4.20. The summed E-state index contributed by atoms with van der Waals surface area (Å²) >= 11 is 0. The molecule has 1 aliphatic rings. The standard InChI is InChI=1S/C15H26N2O6/c1-14(2)13(15(14,3)4)23-7-9(12(21)22-5)17-11(20)8(16)6-10(18)19/h8-9,13H,6-7,16H2,1-5H3,(H,17,20)(H,18,19)/t8-,9-/m0/s1. The van der Waals surface area contributed by atoms with E-state index in [9.17, 15) is 14.4 Å². The van der Waals surface area contributed by atoms with Crippen molar-refractivity contribution in [1.29, 1.82) is 0 Å². The van der Waals surface area contributed by atoms with Gasteiger partial charge in [0, 0.05) is 0 Å². The summed E-state index contributed by atoms with van der Waals surface area (Å²) in [6.45, 7) is 8.19. The first-order valence-electron chi connectivity index (χ1n) is 7.42. The molecule has 0 radical (unpaired) electrons. The van der Waals surface area contributed by atoms with E-state index in [1.165, 1.54) is 7.11 Å². The van der Waals surface area contributed by atoms with Crippen LogP contribution in [0.2, 0.25) is 0 Å². The summed E-state index contributed by atoms with van der Waals surface area (Å²) in [6, 6.07) is -2.27. The fourth-order valence-corrected chi connectivity index (χ4v) is 2.62. The Hall–Kier alpha value is -1.67. The van der Waals surface area contributed by atoms with Crippen LogP contribution in [0.4, 0.5) is 0 Å². The van der Waals surface area contributed by atoms with Gasteiger partial charge in [-0.3, -0.25) is 9.59 Å². The van der Waals surface area contributed by atoms with Crippen molar-refractivity contribution in [2.45, 2.75) is 52.3 Å². The van der Waals surface area contributed by atoms with E-state index < -0.39 is 36.4 Å². The number of carbonyl (C=O) groups excluding carboxylic acids is 2. The molecule has 1 aliphatic carbocycles. The highest BCUT2D eigenvalue weighted by Gasteiger charge is 2.66. The van der Waals surface area contributed by atoms with Gasteiger partial charge >= 0.3 is 11.9 Å². The minimum absolute atomic E-state index is 0.0304. The van der Waals surface area contributed by atoms with E-state index >= 15 is 0 Å². The molecule has 1 fully saturated rings. The van der Waals surface area contributed by atoms with Crippen LogP contribution in [0.3, 0.4) is 0 Å². The molecule has 0 unspecified atom stereocenters. The van der Waals surface area contributed by atoms with Crippen molar-refractivity contribution in [3.8, 4) is 0 Å². The van der Waals surface area contributed by atoms with Gasteiger partial charge in [0.25, 0.3) is 0 Å². The van der Waals surface area contributed by atoms with Gasteiger partial charge in [0.15, 0.2) is 6.04 Å². The Labute approximate surface area is 135 Å². The summed E-state index contributed by atoms with van der Waals surface area (Å²) in [5.74, 6) is -2.60. The third-order valence-electron chi connectivity index (χ3n) is 4.85. The van der Waals surface area contributed by atoms with E-state index in [2.05, 4.69) is 37.7 Å². The Morgan fingerprint density at radius 3 is 2.13 bits per heavy atom. The number of nitrogens with two attached hydrogens (primary N) is 1. The first-order chi connectivity index (χ1) is 10.4. The third-order valence-corrected chi connectivity index (χ3v) is 4.85. The molecule has 2 atom stereocenters. The zero-order chi connectivity index (χ0) is 18.0. The first-order valence-corrected chi connectivity index (χ1v) is 7.42. The van der Waals surface area contributed by atoms with Gasteiger partial charge < -0.3 is 25.6 Å². The maximum absolute atomic E-state index is 11.9. The van der Waals surface area contributed by atoms with Crippen molar-refractivity contribution in [3.63, 3.8) is 0 Å². The second kappa shape index (κ2) is 6.84. The van der Waals surface area contributed by atoms with Gasteiger partial charge in [-0.05, 0) is 10.8 Å². The molecular formula is C15H26N2O6. The largest absolute Gasteiger partial charge is 0.481 e. The van der Waals surface area contributed by atoms with Crippen LogP contribution in [0.5, 0.6) is 0 Å². The molecule has 1 rings (SSSR count). The highest BCUT2D eigenvalue weighted by Crippen LogP contribution is 2.64. The quantitative estimate of drug-likeness (QED) is 0.530. The van der Waals surface area contributed by atoms with Gasteiger partial charge in [-0.1, -0.05) is 27.7 Å². The number of ether oxygens (including phenoxy) is 2. The fraction of sp³-hybridized carbons (Fsp3) is 0.800. The number of aliphatic carboxylic acids is 1. The van der Waals surface area contributed by atoms with Crippen molar-refractivity contribution in [2.24, 2.45) is 16.6 Å². The molecular weight excluding hydrogens is 304 g/mol. The lowest BCUT2D eigenvalue weighted by Gasteiger charge is -2.19. The number of hydrogen-bond acceptors (Lipinski definition) is 6. The van der Waals surface area contributed by atoms with Crippen LogP contribution in [-0.2, 0) is 23.9 Å². The SMILES string of the molecule is COC(=O)[C@H](COC1C(C)(C)C1(C)C)NC(=O)[C@@H](N)CC(=O)O. The molecule has 1 amide bonds. The van der Waals surface area contributed by atoms with Crippen molar-refractivity contribution in [1.82, 2.24) is 5.32 Å². The first kappa shape index (κ1) is 19.4. The highest BCUT2D eigenvalue weighted by atomic mass is 16.5. The van der Waals surface area contributed by atoms with Gasteiger partial charge in [0.05, 0.1) is 32.3 Å². The molecule has 1 saturated carbocycles. The normalized spacial score (nSPS) is 21.1. The molecule has 8 nitrogen and oxygen atoms in total. The second-order valence-corrected chi connectivity index (χ2v) is 6.95. The zero-order valence-corrected chi connectivity index (χ0v) is 14.2. The van der Waals surface area contributed by atoms with E-state index in [0.29, 0.717) is 0 Å². The number of amides is 1. The van der Waals surface area contributed by atoms with Crippen LogP contribution in [0.1, 0.15) is 34.1 Å². The average Bonchev–Trinajstić information content (AvgIpc) is 2.82. The summed E-state index contributed by atoms with van der Waals surface area (Å²) in [5, 5.41) is 11.0. The molecule has 0 heterocycles. The van der Waals surface area contributed by atoms with E-state index in [1.807, 2.05) is 0 Å². The molecule has 8 heteroatoms. The molecule has 0 aromatic rings. The number of carboxylic acid groups (broad SMARTS) is 1. The highest BCUT2D eigenvalue weighted by molar-refractivity contribution is 5.89. The van der Waals surface area contributed by atoms with E-state index in [0.717, 1.165) is 0 Å². The van der Waals surface area contributed by atoms with E-state index in [4.69, 9.17) is 15.6 Å². The molecule has 4 N–H and O–H groups in total. The average molecular weight is 330 g/mol. The zero-order valence-electron chi connectivity index (χ0n) is 14.2. The molecule has 0 saturated heterocycles. The number of carboxylic acids is 1. The summed E-state index contributed by atoms with van der Waals surface area (Å²) in [7, 11) is 1.20. The maximum atomic E-state index is 11.9. The molecule has 0 spiro atoms. The molecule has 132 valence electrons. The summed E-state index contributed by atoms with van der Waals surface area (Å²) < 4.78 is 10.4. The number of nitrogens with one attached hydrogen (secondary N) is 1. The maximum Gasteiger partial charge on any atom is 0.330 e. The van der Waals surface area contributed by atoms with E-state index in [-0.39, 0.29) is 23.5 Å². The molecule has 23 heavy (non-hydrogen) atoms. The Morgan fingerprint density at radius 1 is 1.22 bits per heavy atom. The van der Waals surface area contributed by atoms with Gasteiger partial charge in [0.2, 0.25) is 5.91 Å². The van der Waals surface area contributed by atoms with Gasteiger partial charge in [-0.15, -0.1) is 0 Å². The molecule has 0 aliphatic heterocycles. The van der Waals surface area contributed by atoms with Gasteiger partial charge in [-0.2, -0.15) is 0 Å². The number of esters is 1. The predicted molar refractivity (Wildman–Crippen MR) is 81.5 cm³/mol. The van der Waals surface area contributed by atoms with Crippen LogP contribution >= 0.6 is 0 Å². The van der Waals surface area contributed by atoms with Crippen molar-refractivity contribution < 1.29 is 29.0 Å². The van der Waals surface area contributed by atoms with Crippen LogP contribution in [0.15, 0.2) is 0 Å². The number of rotatable bonds is 8.